The van der Waals surface area contributed by atoms with E-state index in [2.05, 4.69) is 51.7 Å². The summed E-state index contributed by atoms with van der Waals surface area (Å²) in [6, 6.07) is 18.6. The highest BCUT2D eigenvalue weighted by Gasteiger charge is 2.09. The van der Waals surface area contributed by atoms with Gasteiger partial charge in [0.05, 0.1) is 0 Å². The van der Waals surface area contributed by atoms with E-state index < -0.39 is 0 Å². The van der Waals surface area contributed by atoms with Crippen LogP contribution >= 0.6 is 11.6 Å². The molecule has 2 heterocycles. The third kappa shape index (κ3) is 3.16. The molecule has 2 N–H and O–H groups in total. The lowest BCUT2D eigenvalue weighted by molar-refractivity contribution is 0.818. The van der Waals surface area contributed by atoms with Crippen LogP contribution in [-0.4, -0.2) is 17.0 Å². The lowest BCUT2D eigenvalue weighted by Crippen LogP contribution is -2.04. The Labute approximate surface area is 151 Å². The summed E-state index contributed by atoms with van der Waals surface area (Å²) in [5.74, 6) is 0. The third-order valence-electron chi connectivity index (χ3n) is 4.33. The Balaban J connectivity index is 1.78. The molecule has 0 aliphatic rings. The molecule has 4 rings (SSSR count). The summed E-state index contributed by atoms with van der Waals surface area (Å²) in [4.78, 5) is 7.83. The minimum atomic E-state index is 0.732. The van der Waals surface area contributed by atoms with Gasteiger partial charge < -0.3 is 10.3 Å². The highest BCUT2D eigenvalue weighted by atomic mass is 35.5. The van der Waals surface area contributed by atoms with Gasteiger partial charge in [0.15, 0.2) is 0 Å². The number of hydrogen-bond acceptors (Lipinski definition) is 2. The first-order valence-corrected chi connectivity index (χ1v) is 8.59. The fraction of sp³-hybridized carbons (Fsp3) is 0.0952. The van der Waals surface area contributed by atoms with Crippen LogP contribution in [0.5, 0.6) is 0 Å². The van der Waals surface area contributed by atoms with Crippen molar-refractivity contribution in [3.05, 3.63) is 77.6 Å². The number of nitrogens with one attached hydrogen (secondary N) is 2. The van der Waals surface area contributed by atoms with Crippen molar-refractivity contribution in [2.75, 3.05) is 7.05 Å². The number of fused-ring (bicyclic) bond motifs is 1. The molecule has 0 radical (unpaired) electrons. The van der Waals surface area contributed by atoms with Crippen LogP contribution in [0.1, 0.15) is 5.56 Å². The van der Waals surface area contributed by atoms with Crippen LogP contribution in [0.15, 0.2) is 67.0 Å². The summed E-state index contributed by atoms with van der Waals surface area (Å²) in [7, 11) is 1.95. The molecular weight excluding hydrogens is 330 g/mol. The molecule has 2 aromatic heterocycles. The maximum Gasteiger partial charge on any atom is 0.137 e. The van der Waals surface area contributed by atoms with Crippen LogP contribution in [0, 0.1) is 0 Å². The van der Waals surface area contributed by atoms with Gasteiger partial charge in [-0.05, 0) is 41.9 Å². The molecule has 0 atom stereocenters. The van der Waals surface area contributed by atoms with Gasteiger partial charge in [0.1, 0.15) is 5.65 Å². The van der Waals surface area contributed by atoms with E-state index >= 15 is 0 Å². The standard InChI is InChI=1S/C21H18ClN3/c1-23-11-14-5-7-15(8-6-14)17-10-19-20(13-25-21(19)24-12-17)16-3-2-4-18(22)9-16/h2-10,12-13,23H,11H2,1H3,(H,24,25). The largest absolute Gasteiger partial charge is 0.346 e. The summed E-state index contributed by atoms with van der Waals surface area (Å²) in [6.45, 7) is 0.869. The monoisotopic (exact) mass is 347 g/mol. The van der Waals surface area contributed by atoms with E-state index in [9.17, 15) is 0 Å². The van der Waals surface area contributed by atoms with Crippen molar-refractivity contribution < 1.29 is 0 Å². The Hall–Kier alpha value is -2.62. The van der Waals surface area contributed by atoms with E-state index in [1.807, 2.05) is 37.6 Å². The normalized spacial score (nSPS) is 11.1. The number of halogens is 1. The predicted octanol–water partition coefficient (Wildman–Crippen LogP) is 5.27. The number of pyridine rings is 1. The lowest BCUT2D eigenvalue weighted by atomic mass is 10.0. The second kappa shape index (κ2) is 6.71. The number of benzene rings is 2. The Morgan fingerprint density at radius 3 is 2.60 bits per heavy atom. The molecule has 0 saturated heterocycles. The first kappa shape index (κ1) is 15.9. The van der Waals surface area contributed by atoms with E-state index in [1.165, 1.54) is 5.56 Å². The van der Waals surface area contributed by atoms with Crippen molar-refractivity contribution in [1.82, 2.24) is 15.3 Å². The van der Waals surface area contributed by atoms with E-state index in [4.69, 9.17) is 11.6 Å². The fourth-order valence-electron chi connectivity index (χ4n) is 3.08. The fourth-order valence-corrected chi connectivity index (χ4v) is 3.27. The molecule has 0 aliphatic carbocycles. The number of hydrogen-bond donors (Lipinski definition) is 2. The van der Waals surface area contributed by atoms with E-state index in [0.717, 1.165) is 44.9 Å². The Morgan fingerprint density at radius 2 is 1.84 bits per heavy atom. The molecule has 4 heteroatoms. The van der Waals surface area contributed by atoms with Crippen molar-refractivity contribution >= 4 is 22.6 Å². The number of rotatable bonds is 4. The Bertz CT molecular complexity index is 1020. The van der Waals surface area contributed by atoms with Crippen molar-refractivity contribution in [2.24, 2.45) is 0 Å². The minimum absolute atomic E-state index is 0.732. The van der Waals surface area contributed by atoms with Crippen LogP contribution in [0.4, 0.5) is 0 Å². The highest BCUT2D eigenvalue weighted by molar-refractivity contribution is 6.30. The van der Waals surface area contributed by atoms with Crippen molar-refractivity contribution in [3.8, 4) is 22.3 Å². The van der Waals surface area contributed by atoms with Gasteiger partial charge in [-0.25, -0.2) is 4.98 Å². The molecule has 0 amide bonds. The molecular formula is C21H18ClN3. The van der Waals surface area contributed by atoms with Gasteiger partial charge in [-0.15, -0.1) is 0 Å². The summed E-state index contributed by atoms with van der Waals surface area (Å²) in [5.41, 5.74) is 6.60. The zero-order valence-corrected chi connectivity index (χ0v) is 14.6. The predicted molar refractivity (Wildman–Crippen MR) is 105 cm³/mol. The smallest absolute Gasteiger partial charge is 0.137 e. The number of H-pyrrole nitrogens is 1. The van der Waals surface area contributed by atoms with Crippen LogP contribution < -0.4 is 5.32 Å². The van der Waals surface area contributed by atoms with Crippen LogP contribution in [0.3, 0.4) is 0 Å². The molecule has 0 spiro atoms. The number of aromatic amines is 1. The van der Waals surface area contributed by atoms with Crippen molar-refractivity contribution in [1.29, 1.82) is 0 Å². The quantitative estimate of drug-likeness (QED) is 0.528. The highest BCUT2D eigenvalue weighted by Crippen LogP contribution is 2.32. The molecule has 2 aromatic carbocycles. The van der Waals surface area contributed by atoms with Crippen molar-refractivity contribution in [2.45, 2.75) is 6.54 Å². The summed E-state index contributed by atoms with van der Waals surface area (Å²) in [6.07, 6.45) is 3.90. The van der Waals surface area contributed by atoms with Gasteiger partial charge in [0, 0.05) is 40.5 Å². The topological polar surface area (TPSA) is 40.7 Å². The van der Waals surface area contributed by atoms with Crippen molar-refractivity contribution in [3.63, 3.8) is 0 Å². The van der Waals surface area contributed by atoms with Crippen LogP contribution in [0.25, 0.3) is 33.3 Å². The zero-order valence-electron chi connectivity index (χ0n) is 13.9. The first-order chi connectivity index (χ1) is 12.2. The third-order valence-corrected chi connectivity index (χ3v) is 4.57. The Kier molecular flexibility index (Phi) is 4.26. The SMILES string of the molecule is CNCc1ccc(-c2cnc3[nH]cc(-c4cccc(Cl)c4)c3c2)cc1. The lowest BCUT2D eigenvalue weighted by Gasteiger charge is -2.05. The van der Waals surface area contributed by atoms with Crippen LogP contribution in [0.2, 0.25) is 5.02 Å². The molecule has 0 bridgehead atoms. The molecule has 0 aliphatic heterocycles. The van der Waals surface area contributed by atoms with Gasteiger partial charge >= 0.3 is 0 Å². The van der Waals surface area contributed by atoms with E-state index in [0.29, 0.717) is 0 Å². The molecule has 25 heavy (non-hydrogen) atoms. The number of nitrogens with zero attached hydrogens (tertiary/aromatic N) is 1. The van der Waals surface area contributed by atoms with E-state index in [1.54, 1.807) is 0 Å². The summed E-state index contributed by atoms with van der Waals surface area (Å²) in [5, 5.41) is 5.00. The number of aromatic nitrogens is 2. The Morgan fingerprint density at radius 1 is 1.00 bits per heavy atom. The van der Waals surface area contributed by atoms with E-state index in [-0.39, 0.29) is 0 Å². The van der Waals surface area contributed by atoms with Gasteiger partial charge in [-0.2, -0.15) is 0 Å². The second-order valence-corrected chi connectivity index (χ2v) is 6.50. The van der Waals surface area contributed by atoms with Crippen LogP contribution in [-0.2, 0) is 6.54 Å². The summed E-state index contributed by atoms with van der Waals surface area (Å²) < 4.78 is 0. The molecule has 3 nitrogen and oxygen atoms in total. The molecule has 0 fully saturated rings. The maximum atomic E-state index is 6.15. The molecule has 4 aromatic rings. The molecule has 0 unspecified atom stereocenters. The zero-order chi connectivity index (χ0) is 17.2. The molecule has 0 saturated carbocycles. The second-order valence-electron chi connectivity index (χ2n) is 6.06. The maximum absolute atomic E-state index is 6.15. The van der Waals surface area contributed by atoms with Gasteiger partial charge in [-0.1, -0.05) is 48.0 Å². The minimum Gasteiger partial charge on any atom is -0.346 e. The van der Waals surface area contributed by atoms with Gasteiger partial charge in [0.25, 0.3) is 0 Å². The summed E-state index contributed by atoms with van der Waals surface area (Å²) >= 11 is 6.15. The first-order valence-electron chi connectivity index (χ1n) is 8.21. The average molecular weight is 348 g/mol. The van der Waals surface area contributed by atoms with Gasteiger partial charge in [0.2, 0.25) is 0 Å². The average Bonchev–Trinajstić information content (AvgIpc) is 3.06. The molecule has 124 valence electrons. The van der Waals surface area contributed by atoms with Gasteiger partial charge in [-0.3, -0.25) is 0 Å².